The first kappa shape index (κ1) is 14.9. The van der Waals surface area contributed by atoms with Gasteiger partial charge in [0.2, 0.25) is 0 Å². The van der Waals surface area contributed by atoms with Gasteiger partial charge in [-0.25, -0.2) is 4.39 Å². The van der Waals surface area contributed by atoms with Crippen molar-refractivity contribution in [1.82, 2.24) is 0 Å². The summed E-state index contributed by atoms with van der Waals surface area (Å²) in [6, 6.07) is 5.98. The molecule has 0 unspecified atom stereocenters. The van der Waals surface area contributed by atoms with Crippen molar-refractivity contribution in [2.24, 2.45) is 0 Å². The largest absolute Gasteiger partial charge is 0.508 e. The topological polar surface area (TPSA) is 49.3 Å². The molecule has 0 aliphatic rings. The molecule has 2 aromatic rings. The number of amides is 1. The first-order valence-corrected chi connectivity index (χ1v) is 6.46. The van der Waals surface area contributed by atoms with Gasteiger partial charge in [0.15, 0.2) is 0 Å². The molecule has 0 aliphatic carbocycles. The van der Waals surface area contributed by atoms with Crippen LogP contribution in [0.15, 0.2) is 30.3 Å². The van der Waals surface area contributed by atoms with Gasteiger partial charge in [-0.1, -0.05) is 34.8 Å². The molecule has 0 radical (unpaired) electrons. The van der Waals surface area contributed by atoms with Gasteiger partial charge in [-0.2, -0.15) is 0 Å². The van der Waals surface area contributed by atoms with Crippen LogP contribution in [-0.4, -0.2) is 11.0 Å². The molecule has 7 heteroatoms. The number of aromatic hydroxyl groups is 1. The van der Waals surface area contributed by atoms with Gasteiger partial charge in [0.25, 0.3) is 5.91 Å². The molecular formula is C13H7Cl3FNO2. The van der Waals surface area contributed by atoms with Gasteiger partial charge in [0.05, 0.1) is 21.3 Å². The fourth-order valence-corrected chi connectivity index (χ4v) is 2.44. The number of benzene rings is 2. The maximum Gasteiger partial charge on any atom is 0.258 e. The summed E-state index contributed by atoms with van der Waals surface area (Å²) >= 11 is 17.6. The Morgan fingerprint density at radius 3 is 2.25 bits per heavy atom. The van der Waals surface area contributed by atoms with Crippen LogP contribution in [0.5, 0.6) is 5.75 Å². The van der Waals surface area contributed by atoms with Gasteiger partial charge in [0, 0.05) is 11.1 Å². The minimum absolute atomic E-state index is 0.134. The van der Waals surface area contributed by atoms with Crippen LogP contribution in [0.2, 0.25) is 15.1 Å². The van der Waals surface area contributed by atoms with Crippen LogP contribution in [0, 0.1) is 5.82 Å². The van der Waals surface area contributed by atoms with Crippen LogP contribution in [0.3, 0.4) is 0 Å². The maximum atomic E-state index is 13.6. The van der Waals surface area contributed by atoms with E-state index in [0.29, 0.717) is 5.02 Å². The highest BCUT2D eigenvalue weighted by Crippen LogP contribution is 2.34. The van der Waals surface area contributed by atoms with Crippen molar-refractivity contribution >= 4 is 46.4 Å². The van der Waals surface area contributed by atoms with E-state index in [2.05, 4.69) is 5.32 Å². The van der Waals surface area contributed by atoms with Crippen molar-refractivity contribution < 1.29 is 14.3 Å². The Balaban J connectivity index is 2.33. The van der Waals surface area contributed by atoms with E-state index >= 15 is 0 Å². The minimum atomic E-state index is -0.858. The monoisotopic (exact) mass is 333 g/mol. The van der Waals surface area contributed by atoms with Crippen molar-refractivity contribution in [3.63, 3.8) is 0 Å². The van der Waals surface area contributed by atoms with Crippen LogP contribution < -0.4 is 5.32 Å². The summed E-state index contributed by atoms with van der Waals surface area (Å²) in [5, 5.41) is 12.1. The first-order valence-electron chi connectivity index (χ1n) is 5.33. The molecule has 2 N–H and O–H groups in total. The fourth-order valence-electron chi connectivity index (χ4n) is 1.53. The standard InChI is InChI=1S/C13H7Cl3FNO2/c14-6-3-9(15)12(10(16)4-6)18-13(20)8-2-1-7(19)5-11(8)17/h1-5,19H,(H,18,20). The Labute approximate surface area is 128 Å². The van der Waals surface area contributed by atoms with Gasteiger partial charge < -0.3 is 10.4 Å². The van der Waals surface area contributed by atoms with E-state index in [0.717, 1.165) is 12.1 Å². The molecule has 104 valence electrons. The minimum Gasteiger partial charge on any atom is -0.508 e. The number of anilines is 1. The van der Waals surface area contributed by atoms with Crippen molar-refractivity contribution in [3.8, 4) is 5.75 Å². The summed E-state index contributed by atoms with van der Waals surface area (Å²) in [5.41, 5.74) is -0.111. The van der Waals surface area contributed by atoms with Crippen molar-refractivity contribution in [2.75, 3.05) is 5.32 Å². The van der Waals surface area contributed by atoms with Crippen LogP contribution in [0.1, 0.15) is 10.4 Å². The Kier molecular flexibility index (Phi) is 4.38. The lowest BCUT2D eigenvalue weighted by molar-refractivity contribution is 0.102. The zero-order valence-corrected chi connectivity index (χ0v) is 12.0. The van der Waals surface area contributed by atoms with Crippen LogP contribution in [0.4, 0.5) is 10.1 Å². The molecule has 0 bridgehead atoms. The molecular weight excluding hydrogens is 328 g/mol. The predicted octanol–water partition coefficient (Wildman–Crippen LogP) is 4.74. The third-order valence-corrected chi connectivity index (χ3v) is 3.26. The Morgan fingerprint density at radius 1 is 1.10 bits per heavy atom. The van der Waals surface area contributed by atoms with Crippen molar-refractivity contribution in [1.29, 1.82) is 0 Å². The number of hydrogen-bond donors (Lipinski definition) is 2. The summed E-state index contributed by atoms with van der Waals surface area (Å²) in [4.78, 5) is 12.0. The summed E-state index contributed by atoms with van der Waals surface area (Å²) in [7, 11) is 0. The Hall–Kier alpha value is -1.49. The molecule has 0 aromatic heterocycles. The highest BCUT2D eigenvalue weighted by molar-refractivity contribution is 6.42. The van der Waals surface area contributed by atoms with Gasteiger partial charge >= 0.3 is 0 Å². The molecule has 3 nitrogen and oxygen atoms in total. The van der Waals surface area contributed by atoms with E-state index in [1.807, 2.05) is 0 Å². The third-order valence-electron chi connectivity index (χ3n) is 2.44. The lowest BCUT2D eigenvalue weighted by Crippen LogP contribution is -2.14. The lowest BCUT2D eigenvalue weighted by Gasteiger charge is -2.10. The number of rotatable bonds is 2. The van der Waals surface area contributed by atoms with Crippen LogP contribution in [0.25, 0.3) is 0 Å². The van der Waals surface area contributed by atoms with E-state index in [-0.39, 0.29) is 27.0 Å². The Morgan fingerprint density at radius 2 is 1.70 bits per heavy atom. The van der Waals surface area contributed by atoms with Crippen LogP contribution in [-0.2, 0) is 0 Å². The second-order valence-corrected chi connectivity index (χ2v) is 5.11. The molecule has 1 amide bonds. The summed E-state index contributed by atoms with van der Waals surface area (Å²) < 4.78 is 13.6. The number of halogens is 4. The first-order chi connectivity index (χ1) is 9.38. The van der Waals surface area contributed by atoms with Gasteiger partial charge in [-0.15, -0.1) is 0 Å². The number of carbonyl (C=O) groups is 1. The highest BCUT2D eigenvalue weighted by Gasteiger charge is 2.16. The predicted molar refractivity (Wildman–Crippen MR) is 77.5 cm³/mol. The van der Waals surface area contributed by atoms with E-state index < -0.39 is 11.7 Å². The SMILES string of the molecule is O=C(Nc1c(Cl)cc(Cl)cc1Cl)c1ccc(O)cc1F. The molecule has 0 spiro atoms. The number of nitrogens with one attached hydrogen (secondary N) is 1. The molecule has 0 aliphatic heterocycles. The number of phenolic OH excluding ortho intramolecular Hbond substituents is 1. The second-order valence-electron chi connectivity index (χ2n) is 3.86. The number of hydrogen-bond acceptors (Lipinski definition) is 2. The Bertz CT molecular complexity index is 668. The third kappa shape index (κ3) is 3.15. The molecule has 0 atom stereocenters. The average molecular weight is 335 g/mol. The quantitative estimate of drug-likeness (QED) is 0.833. The molecule has 0 saturated carbocycles. The average Bonchev–Trinajstić information content (AvgIpc) is 2.33. The zero-order chi connectivity index (χ0) is 14.9. The summed E-state index contributed by atoms with van der Waals surface area (Å²) in [6.07, 6.45) is 0. The molecule has 2 aromatic carbocycles. The molecule has 2 rings (SSSR count). The van der Waals surface area contributed by atoms with Gasteiger partial charge in [-0.05, 0) is 24.3 Å². The van der Waals surface area contributed by atoms with E-state index in [1.54, 1.807) is 0 Å². The molecule has 0 fully saturated rings. The second kappa shape index (κ2) is 5.87. The lowest BCUT2D eigenvalue weighted by atomic mass is 10.2. The fraction of sp³-hybridized carbons (Fsp3) is 0. The van der Waals surface area contributed by atoms with Gasteiger partial charge in [0.1, 0.15) is 11.6 Å². The molecule has 0 heterocycles. The number of carbonyl (C=O) groups excluding carboxylic acids is 1. The van der Waals surface area contributed by atoms with Crippen molar-refractivity contribution in [2.45, 2.75) is 0 Å². The van der Waals surface area contributed by atoms with Gasteiger partial charge in [-0.3, -0.25) is 4.79 Å². The molecule has 20 heavy (non-hydrogen) atoms. The molecule has 0 saturated heterocycles. The smallest absolute Gasteiger partial charge is 0.258 e. The highest BCUT2D eigenvalue weighted by atomic mass is 35.5. The van der Waals surface area contributed by atoms with E-state index in [4.69, 9.17) is 39.9 Å². The normalized spacial score (nSPS) is 10.4. The summed E-state index contributed by atoms with van der Waals surface area (Å²) in [6.45, 7) is 0. The van der Waals surface area contributed by atoms with E-state index in [9.17, 15) is 9.18 Å². The summed E-state index contributed by atoms with van der Waals surface area (Å²) in [5.74, 6) is -1.88. The van der Waals surface area contributed by atoms with Crippen LogP contribution >= 0.6 is 34.8 Å². The zero-order valence-electron chi connectivity index (χ0n) is 9.75. The van der Waals surface area contributed by atoms with Crippen molar-refractivity contribution in [3.05, 3.63) is 56.8 Å². The van der Waals surface area contributed by atoms with E-state index in [1.165, 1.54) is 18.2 Å². The number of phenols is 1. The maximum absolute atomic E-state index is 13.6.